The molecule has 6 heteroatoms. The molecular formula is C39H23N5O. The van der Waals surface area contributed by atoms with E-state index in [1.807, 2.05) is 91.1 Å². The molecule has 0 unspecified atom stereocenters. The zero-order valence-corrected chi connectivity index (χ0v) is 23.9. The Bertz CT molecular complexity index is 2480. The molecule has 45 heavy (non-hydrogen) atoms. The number of furan rings is 1. The van der Waals surface area contributed by atoms with Gasteiger partial charge in [0.2, 0.25) is 0 Å². The van der Waals surface area contributed by atoms with E-state index in [2.05, 4.69) is 53.5 Å². The van der Waals surface area contributed by atoms with Crippen molar-refractivity contribution >= 4 is 43.7 Å². The SMILES string of the molecule is c1ccc(-c2nc(-c3ccccc3)nc(-c3cccc4oc5c(-c6ccc7ccc8cccnc8c7n6)cccc5c34)n2)cc1. The van der Waals surface area contributed by atoms with Crippen LogP contribution in [-0.2, 0) is 0 Å². The van der Waals surface area contributed by atoms with E-state index < -0.39 is 0 Å². The Labute approximate surface area is 257 Å². The highest BCUT2D eigenvalue weighted by Gasteiger charge is 2.20. The van der Waals surface area contributed by atoms with Gasteiger partial charge in [0.05, 0.1) is 16.7 Å². The average Bonchev–Trinajstić information content (AvgIpc) is 3.51. The zero-order valence-electron chi connectivity index (χ0n) is 23.9. The number of nitrogens with zero attached hydrogens (tertiary/aromatic N) is 5. The fourth-order valence-electron chi connectivity index (χ4n) is 6.04. The number of pyridine rings is 2. The minimum Gasteiger partial charge on any atom is -0.455 e. The quantitative estimate of drug-likeness (QED) is 0.194. The minimum atomic E-state index is 0.586. The zero-order chi connectivity index (χ0) is 29.7. The number of aromatic nitrogens is 5. The van der Waals surface area contributed by atoms with Crippen LogP contribution >= 0.6 is 0 Å². The van der Waals surface area contributed by atoms with Crippen LogP contribution in [0.3, 0.4) is 0 Å². The van der Waals surface area contributed by atoms with Crippen LogP contribution in [0, 0.1) is 0 Å². The molecule has 0 amide bonds. The summed E-state index contributed by atoms with van der Waals surface area (Å²) in [6.45, 7) is 0. The monoisotopic (exact) mass is 577 g/mol. The number of hydrogen-bond acceptors (Lipinski definition) is 6. The van der Waals surface area contributed by atoms with Crippen LogP contribution in [0.15, 0.2) is 144 Å². The van der Waals surface area contributed by atoms with Gasteiger partial charge in [0, 0.05) is 50.0 Å². The number of rotatable bonds is 4. The van der Waals surface area contributed by atoms with Gasteiger partial charge < -0.3 is 4.42 Å². The molecule has 0 aliphatic carbocycles. The Morgan fingerprint density at radius 2 is 1.09 bits per heavy atom. The molecule has 0 saturated carbocycles. The fourth-order valence-corrected chi connectivity index (χ4v) is 6.04. The molecule has 5 aromatic carbocycles. The van der Waals surface area contributed by atoms with E-state index in [4.69, 9.17) is 24.4 Å². The molecule has 0 spiro atoms. The van der Waals surface area contributed by atoms with Gasteiger partial charge in [-0.25, -0.2) is 19.9 Å². The first-order valence-corrected chi connectivity index (χ1v) is 14.8. The van der Waals surface area contributed by atoms with Crippen LogP contribution in [0.2, 0.25) is 0 Å². The topological polar surface area (TPSA) is 77.6 Å². The first-order chi connectivity index (χ1) is 22.3. The van der Waals surface area contributed by atoms with E-state index in [0.717, 1.165) is 71.7 Å². The molecule has 6 nitrogen and oxygen atoms in total. The Kier molecular flexibility index (Phi) is 5.71. The Morgan fingerprint density at radius 3 is 1.84 bits per heavy atom. The molecule has 0 aliphatic heterocycles. The van der Waals surface area contributed by atoms with Gasteiger partial charge in [-0.05, 0) is 24.3 Å². The van der Waals surface area contributed by atoms with E-state index in [-0.39, 0.29) is 0 Å². The molecule has 0 N–H and O–H groups in total. The molecule has 0 radical (unpaired) electrons. The van der Waals surface area contributed by atoms with Gasteiger partial charge in [-0.15, -0.1) is 0 Å². The Morgan fingerprint density at radius 1 is 0.444 bits per heavy atom. The molecular weight excluding hydrogens is 554 g/mol. The Balaban J connectivity index is 1.27. The van der Waals surface area contributed by atoms with Crippen molar-refractivity contribution in [1.29, 1.82) is 0 Å². The van der Waals surface area contributed by atoms with Gasteiger partial charge in [-0.3, -0.25) is 4.98 Å². The summed E-state index contributed by atoms with van der Waals surface area (Å²) in [6, 6.07) is 44.6. The number of benzene rings is 5. The molecule has 4 heterocycles. The molecule has 0 bridgehead atoms. The predicted octanol–water partition coefficient (Wildman–Crippen LogP) is 9.54. The molecule has 9 rings (SSSR count). The third-order valence-electron chi connectivity index (χ3n) is 8.17. The lowest BCUT2D eigenvalue weighted by molar-refractivity contribution is 0.670. The molecule has 0 fully saturated rings. The second-order valence-electron chi connectivity index (χ2n) is 10.9. The van der Waals surface area contributed by atoms with Crippen molar-refractivity contribution in [3.63, 3.8) is 0 Å². The lowest BCUT2D eigenvalue weighted by atomic mass is 10.0. The van der Waals surface area contributed by atoms with Crippen molar-refractivity contribution in [2.24, 2.45) is 0 Å². The summed E-state index contributed by atoms with van der Waals surface area (Å²) in [7, 11) is 0. The summed E-state index contributed by atoms with van der Waals surface area (Å²) in [5.74, 6) is 1.82. The van der Waals surface area contributed by atoms with E-state index in [0.29, 0.717) is 17.5 Å². The van der Waals surface area contributed by atoms with Crippen molar-refractivity contribution in [2.75, 3.05) is 0 Å². The molecule has 4 aromatic heterocycles. The van der Waals surface area contributed by atoms with Gasteiger partial charge >= 0.3 is 0 Å². The van der Waals surface area contributed by atoms with Gasteiger partial charge in [0.25, 0.3) is 0 Å². The van der Waals surface area contributed by atoms with Gasteiger partial charge in [0.1, 0.15) is 11.2 Å². The van der Waals surface area contributed by atoms with E-state index in [1.165, 1.54) is 0 Å². The second-order valence-corrected chi connectivity index (χ2v) is 10.9. The molecule has 210 valence electrons. The van der Waals surface area contributed by atoms with Gasteiger partial charge in [0.15, 0.2) is 17.5 Å². The molecule has 9 aromatic rings. The van der Waals surface area contributed by atoms with Crippen molar-refractivity contribution < 1.29 is 4.42 Å². The smallest absolute Gasteiger partial charge is 0.164 e. The van der Waals surface area contributed by atoms with Crippen molar-refractivity contribution in [1.82, 2.24) is 24.9 Å². The second kappa shape index (κ2) is 10.2. The summed E-state index contributed by atoms with van der Waals surface area (Å²) in [4.78, 5) is 24.6. The molecule has 0 atom stereocenters. The summed E-state index contributed by atoms with van der Waals surface area (Å²) in [5, 5.41) is 4.02. The van der Waals surface area contributed by atoms with Crippen molar-refractivity contribution in [2.45, 2.75) is 0 Å². The van der Waals surface area contributed by atoms with E-state index in [1.54, 1.807) is 0 Å². The maximum absolute atomic E-state index is 6.60. The fraction of sp³-hybridized carbons (Fsp3) is 0. The maximum atomic E-state index is 6.60. The maximum Gasteiger partial charge on any atom is 0.164 e. The van der Waals surface area contributed by atoms with Crippen LogP contribution in [0.1, 0.15) is 0 Å². The minimum absolute atomic E-state index is 0.586. The van der Waals surface area contributed by atoms with Crippen molar-refractivity contribution in [3.8, 4) is 45.4 Å². The first-order valence-electron chi connectivity index (χ1n) is 14.8. The van der Waals surface area contributed by atoms with Crippen LogP contribution < -0.4 is 0 Å². The van der Waals surface area contributed by atoms with E-state index in [9.17, 15) is 0 Å². The summed E-state index contributed by atoms with van der Waals surface area (Å²) < 4.78 is 6.60. The summed E-state index contributed by atoms with van der Waals surface area (Å²) >= 11 is 0. The van der Waals surface area contributed by atoms with Crippen LogP contribution in [0.5, 0.6) is 0 Å². The normalized spacial score (nSPS) is 11.6. The highest BCUT2D eigenvalue weighted by Crippen LogP contribution is 2.40. The van der Waals surface area contributed by atoms with Crippen LogP contribution in [0.25, 0.3) is 89.2 Å². The predicted molar refractivity (Wildman–Crippen MR) is 179 cm³/mol. The molecule has 0 saturated heterocycles. The largest absolute Gasteiger partial charge is 0.455 e. The van der Waals surface area contributed by atoms with Crippen molar-refractivity contribution in [3.05, 3.63) is 140 Å². The third kappa shape index (κ3) is 4.23. The first kappa shape index (κ1) is 25.2. The summed E-state index contributed by atoms with van der Waals surface area (Å²) in [5.41, 5.74) is 7.73. The number of para-hydroxylation sites is 1. The lowest BCUT2D eigenvalue weighted by Gasteiger charge is -2.09. The van der Waals surface area contributed by atoms with E-state index >= 15 is 0 Å². The number of hydrogen-bond donors (Lipinski definition) is 0. The molecule has 0 aliphatic rings. The lowest BCUT2D eigenvalue weighted by Crippen LogP contribution is -2.00. The summed E-state index contributed by atoms with van der Waals surface area (Å²) in [6.07, 6.45) is 1.81. The van der Waals surface area contributed by atoms with Gasteiger partial charge in [-0.2, -0.15) is 0 Å². The highest BCUT2D eigenvalue weighted by atomic mass is 16.3. The van der Waals surface area contributed by atoms with Crippen LogP contribution in [0.4, 0.5) is 0 Å². The third-order valence-corrected chi connectivity index (χ3v) is 8.17. The average molecular weight is 578 g/mol. The van der Waals surface area contributed by atoms with Crippen LogP contribution in [-0.4, -0.2) is 24.9 Å². The highest BCUT2D eigenvalue weighted by molar-refractivity contribution is 6.15. The number of fused-ring (bicyclic) bond motifs is 6. The van der Waals surface area contributed by atoms with Gasteiger partial charge in [-0.1, -0.05) is 109 Å². The standard InChI is InChI=1S/C39H23N5O/c1-3-10-26(11-4-1)37-42-38(27-12-5-2-6-13-27)44-39(43-37)30-17-8-18-32-33(30)29-16-7-15-28(36(29)45-32)31-22-21-25-20-19-24-14-9-23-40-34(24)35(25)41-31/h1-23H. The Hall–Kier alpha value is -6.27.